The van der Waals surface area contributed by atoms with E-state index in [0.717, 1.165) is 17.7 Å². The van der Waals surface area contributed by atoms with Gasteiger partial charge >= 0.3 is 6.18 Å². The molecular formula is C24H20ClF3N4OS. The zero-order valence-corrected chi connectivity index (χ0v) is 19.6. The Morgan fingerprint density at radius 1 is 1.18 bits per heavy atom. The molecule has 4 aromatic rings. The summed E-state index contributed by atoms with van der Waals surface area (Å²) in [7, 11) is 0. The molecule has 2 aromatic heterocycles. The van der Waals surface area contributed by atoms with E-state index in [1.165, 1.54) is 17.4 Å². The van der Waals surface area contributed by atoms with Crippen LogP contribution in [0, 0.1) is 6.92 Å². The number of rotatable bonds is 7. The molecule has 1 amide bonds. The zero-order chi connectivity index (χ0) is 24.5. The van der Waals surface area contributed by atoms with Crippen LogP contribution in [-0.2, 0) is 19.1 Å². The fourth-order valence-electron chi connectivity index (χ4n) is 3.67. The van der Waals surface area contributed by atoms with Crippen molar-refractivity contribution < 1.29 is 18.0 Å². The normalized spacial score (nSPS) is 11.6. The number of benzene rings is 2. The van der Waals surface area contributed by atoms with Gasteiger partial charge in [-0.15, -0.1) is 11.3 Å². The van der Waals surface area contributed by atoms with Crippen molar-refractivity contribution in [2.45, 2.75) is 26.1 Å². The zero-order valence-electron chi connectivity index (χ0n) is 18.0. The minimum atomic E-state index is -4.43. The van der Waals surface area contributed by atoms with Crippen LogP contribution in [0.2, 0.25) is 5.02 Å². The van der Waals surface area contributed by atoms with Crippen LogP contribution in [0.4, 0.5) is 24.0 Å². The third-order valence-corrected chi connectivity index (χ3v) is 6.35. The van der Waals surface area contributed by atoms with Gasteiger partial charge in [0.15, 0.2) is 5.13 Å². The van der Waals surface area contributed by atoms with Crippen molar-refractivity contribution in [3.05, 3.63) is 87.4 Å². The topological polar surface area (TPSA) is 72.9 Å². The highest BCUT2D eigenvalue weighted by atomic mass is 35.5. The lowest BCUT2D eigenvalue weighted by Crippen LogP contribution is -2.13. The van der Waals surface area contributed by atoms with E-state index in [1.54, 1.807) is 23.6 Å². The molecule has 2 heterocycles. The van der Waals surface area contributed by atoms with Crippen molar-refractivity contribution in [2.75, 3.05) is 5.32 Å². The Balaban J connectivity index is 1.62. The molecule has 2 aromatic carbocycles. The molecule has 0 saturated carbocycles. The SMILES string of the molecule is Cc1c(C(N)=O)cc(-c2csc(Nc3cccc(C(F)(F)F)c3)n2)n1CCc1cccc(Cl)c1. The number of amides is 1. The van der Waals surface area contributed by atoms with Crippen LogP contribution >= 0.6 is 22.9 Å². The van der Waals surface area contributed by atoms with Gasteiger partial charge in [0.2, 0.25) is 0 Å². The van der Waals surface area contributed by atoms with Gasteiger partial charge in [0.1, 0.15) is 0 Å². The molecule has 0 bridgehead atoms. The predicted octanol–water partition coefficient (Wildman–Crippen LogP) is 6.68. The third kappa shape index (κ3) is 5.26. The molecule has 34 heavy (non-hydrogen) atoms. The molecule has 0 fully saturated rings. The molecular weight excluding hydrogens is 485 g/mol. The molecule has 3 N–H and O–H groups in total. The smallest absolute Gasteiger partial charge is 0.366 e. The highest BCUT2D eigenvalue weighted by molar-refractivity contribution is 7.14. The summed E-state index contributed by atoms with van der Waals surface area (Å²) < 4.78 is 41.0. The number of nitrogens with zero attached hydrogens (tertiary/aromatic N) is 2. The summed E-state index contributed by atoms with van der Waals surface area (Å²) in [5.41, 5.74) is 8.52. The van der Waals surface area contributed by atoms with Crippen LogP contribution in [0.25, 0.3) is 11.4 Å². The van der Waals surface area contributed by atoms with Gasteiger partial charge in [-0.25, -0.2) is 4.98 Å². The van der Waals surface area contributed by atoms with Crippen LogP contribution in [0.15, 0.2) is 60.0 Å². The molecule has 0 aliphatic rings. The molecule has 0 saturated heterocycles. The van der Waals surface area contributed by atoms with E-state index >= 15 is 0 Å². The number of carbonyl (C=O) groups excluding carboxylic acids is 1. The summed E-state index contributed by atoms with van der Waals surface area (Å²) in [5.74, 6) is -0.544. The summed E-state index contributed by atoms with van der Waals surface area (Å²) in [6.45, 7) is 2.37. The molecule has 5 nitrogen and oxygen atoms in total. The molecule has 4 rings (SSSR count). The van der Waals surface area contributed by atoms with Crippen LogP contribution in [0.5, 0.6) is 0 Å². The molecule has 0 radical (unpaired) electrons. The van der Waals surface area contributed by atoms with Gasteiger partial charge < -0.3 is 15.6 Å². The fraction of sp³-hybridized carbons (Fsp3) is 0.167. The third-order valence-electron chi connectivity index (χ3n) is 5.35. The second-order valence-electron chi connectivity index (χ2n) is 7.67. The first kappa shape index (κ1) is 23.8. The average molecular weight is 505 g/mol. The number of hydrogen-bond acceptors (Lipinski definition) is 4. The standard InChI is InChI=1S/C24H20ClF3N4OS/c1-14-19(22(29)33)12-21(32(14)9-8-15-4-2-6-17(25)10-15)20-13-34-23(31-20)30-18-7-3-5-16(11-18)24(26,27)28/h2-7,10-13H,8-9H2,1H3,(H2,29,33)(H,30,31). The summed E-state index contributed by atoms with van der Waals surface area (Å²) in [5, 5.41) is 5.78. The van der Waals surface area contributed by atoms with E-state index in [4.69, 9.17) is 17.3 Å². The first-order valence-corrected chi connectivity index (χ1v) is 11.5. The Kier molecular flexibility index (Phi) is 6.67. The second-order valence-corrected chi connectivity index (χ2v) is 8.96. The van der Waals surface area contributed by atoms with Crippen molar-refractivity contribution in [2.24, 2.45) is 5.73 Å². The van der Waals surface area contributed by atoms with Crippen molar-refractivity contribution in [1.29, 1.82) is 0 Å². The number of aromatic nitrogens is 2. The fourth-order valence-corrected chi connectivity index (χ4v) is 4.61. The highest BCUT2D eigenvalue weighted by Gasteiger charge is 2.30. The number of alkyl halides is 3. The van der Waals surface area contributed by atoms with E-state index in [0.29, 0.717) is 45.8 Å². The minimum absolute atomic E-state index is 0.279. The highest BCUT2D eigenvalue weighted by Crippen LogP contribution is 2.33. The number of carbonyl (C=O) groups is 1. The number of anilines is 2. The molecule has 176 valence electrons. The average Bonchev–Trinajstić information content (AvgIpc) is 3.36. The number of nitrogens with one attached hydrogen (secondary N) is 1. The maximum atomic E-state index is 13.0. The van der Waals surface area contributed by atoms with Gasteiger partial charge in [-0.2, -0.15) is 13.2 Å². The lowest BCUT2D eigenvalue weighted by Gasteiger charge is -2.11. The lowest BCUT2D eigenvalue weighted by atomic mass is 10.1. The van der Waals surface area contributed by atoms with Crippen LogP contribution in [0.3, 0.4) is 0 Å². The first-order chi connectivity index (χ1) is 16.1. The van der Waals surface area contributed by atoms with E-state index < -0.39 is 17.6 Å². The predicted molar refractivity (Wildman–Crippen MR) is 129 cm³/mol. The van der Waals surface area contributed by atoms with Gasteiger partial charge in [-0.05, 0) is 55.3 Å². The maximum Gasteiger partial charge on any atom is 0.416 e. The van der Waals surface area contributed by atoms with Gasteiger partial charge in [-0.1, -0.05) is 29.8 Å². The number of primary amides is 1. The Bertz CT molecular complexity index is 1350. The quantitative estimate of drug-likeness (QED) is 0.295. The second kappa shape index (κ2) is 9.52. The Hall–Kier alpha value is -3.30. The van der Waals surface area contributed by atoms with Crippen molar-refractivity contribution in [1.82, 2.24) is 9.55 Å². The molecule has 0 atom stereocenters. The molecule has 0 spiro atoms. The first-order valence-electron chi connectivity index (χ1n) is 10.3. The minimum Gasteiger partial charge on any atom is -0.366 e. The number of halogens is 4. The Morgan fingerprint density at radius 3 is 2.65 bits per heavy atom. The van der Waals surface area contributed by atoms with Crippen LogP contribution < -0.4 is 11.1 Å². The summed E-state index contributed by atoms with van der Waals surface area (Å²) in [6.07, 6.45) is -3.76. The number of nitrogens with two attached hydrogens (primary N) is 1. The Labute approximate surface area is 203 Å². The van der Waals surface area contributed by atoms with Gasteiger partial charge in [-0.3, -0.25) is 4.79 Å². The summed E-state index contributed by atoms with van der Waals surface area (Å²) >= 11 is 7.34. The lowest BCUT2D eigenvalue weighted by molar-refractivity contribution is -0.137. The van der Waals surface area contributed by atoms with E-state index in [-0.39, 0.29) is 5.69 Å². The van der Waals surface area contributed by atoms with Gasteiger partial charge in [0.05, 0.1) is 22.5 Å². The monoisotopic (exact) mass is 504 g/mol. The van der Waals surface area contributed by atoms with E-state index in [1.807, 2.05) is 29.7 Å². The molecule has 0 aliphatic carbocycles. The molecule has 10 heteroatoms. The van der Waals surface area contributed by atoms with E-state index in [2.05, 4.69) is 10.3 Å². The van der Waals surface area contributed by atoms with Gasteiger partial charge in [0, 0.05) is 28.3 Å². The van der Waals surface area contributed by atoms with E-state index in [9.17, 15) is 18.0 Å². The largest absolute Gasteiger partial charge is 0.416 e. The molecule has 0 unspecified atom stereocenters. The number of thiazole rings is 1. The van der Waals surface area contributed by atoms with Crippen LogP contribution in [0.1, 0.15) is 27.2 Å². The number of aryl methyl sites for hydroxylation is 1. The van der Waals surface area contributed by atoms with Gasteiger partial charge in [0.25, 0.3) is 5.91 Å². The summed E-state index contributed by atoms with van der Waals surface area (Å²) in [4.78, 5) is 16.5. The summed E-state index contributed by atoms with van der Waals surface area (Å²) in [6, 6.07) is 14.2. The van der Waals surface area contributed by atoms with Crippen molar-refractivity contribution in [3.8, 4) is 11.4 Å². The maximum absolute atomic E-state index is 13.0. The molecule has 0 aliphatic heterocycles. The Morgan fingerprint density at radius 2 is 1.94 bits per heavy atom. The van der Waals surface area contributed by atoms with Crippen molar-refractivity contribution >= 4 is 39.7 Å². The number of hydrogen-bond donors (Lipinski definition) is 2. The van der Waals surface area contributed by atoms with Crippen molar-refractivity contribution in [3.63, 3.8) is 0 Å². The van der Waals surface area contributed by atoms with Crippen LogP contribution in [-0.4, -0.2) is 15.5 Å².